The van der Waals surface area contributed by atoms with Crippen molar-refractivity contribution in [3.05, 3.63) is 22.5 Å². The lowest BCUT2D eigenvalue weighted by molar-refractivity contribution is -0.137. The molecular formula is C16H20Cl3NO3. The van der Waals surface area contributed by atoms with E-state index < -0.39 is 9.76 Å². The second-order valence-electron chi connectivity index (χ2n) is 6.91. The van der Waals surface area contributed by atoms with E-state index >= 15 is 0 Å². The van der Waals surface area contributed by atoms with Gasteiger partial charge in [-0.05, 0) is 24.3 Å². The van der Waals surface area contributed by atoms with Gasteiger partial charge in [-0.3, -0.25) is 9.59 Å². The molecule has 0 spiro atoms. The fourth-order valence-electron chi connectivity index (χ4n) is 3.33. The normalized spacial score (nSPS) is 17.2. The first-order valence-electron chi connectivity index (χ1n) is 7.44. The van der Waals surface area contributed by atoms with Crippen molar-refractivity contribution < 1.29 is 14.7 Å². The number of alkyl halides is 3. The molecule has 1 heterocycles. The Morgan fingerprint density at radius 1 is 1.30 bits per heavy atom. The maximum Gasteiger partial charge on any atom is 0.305 e. The van der Waals surface area contributed by atoms with E-state index in [1.807, 2.05) is 25.3 Å². The highest BCUT2D eigenvalue weighted by atomic mass is 35.6. The lowest BCUT2D eigenvalue weighted by Crippen LogP contribution is -2.29. The summed E-state index contributed by atoms with van der Waals surface area (Å²) in [5.41, 5.74) is 2.87. The minimum absolute atomic E-state index is 0.0101. The fraction of sp³-hybridized carbons (Fsp3) is 0.625. The molecule has 7 heteroatoms. The molecule has 1 aliphatic rings. The Bertz CT molecular complexity index is 657. The highest BCUT2D eigenvalue weighted by Gasteiger charge is 2.38. The number of aliphatic carboxylic acids is 1. The van der Waals surface area contributed by atoms with Gasteiger partial charge < -0.3 is 9.67 Å². The van der Waals surface area contributed by atoms with Crippen LogP contribution in [0.4, 0.5) is 0 Å². The van der Waals surface area contributed by atoms with Crippen LogP contribution in [0.5, 0.6) is 0 Å². The molecule has 1 aliphatic carbocycles. The minimum atomic E-state index is -1.50. The average molecular weight is 381 g/mol. The van der Waals surface area contributed by atoms with Crippen molar-refractivity contribution in [3.63, 3.8) is 0 Å². The molecule has 1 N–H and O–H groups in total. The third-order valence-corrected chi connectivity index (χ3v) is 4.65. The number of ketones is 1. The van der Waals surface area contributed by atoms with Gasteiger partial charge in [0.25, 0.3) is 0 Å². The smallest absolute Gasteiger partial charge is 0.305 e. The lowest BCUT2D eigenvalue weighted by atomic mass is 9.75. The highest BCUT2D eigenvalue weighted by molar-refractivity contribution is 6.67. The first-order chi connectivity index (χ1) is 10.4. The molecular weight excluding hydrogens is 361 g/mol. The van der Waals surface area contributed by atoms with Gasteiger partial charge in [0.05, 0.1) is 6.42 Å². The van der Waals surface area contributed by atoms with Crippen LogP contribution in [0.2, 0.25) is 0 Å². The van der Waals surface area contributed by atoms with Gasteiger partial charge in [-0.25, -0.2) is 0 Å². The van der Waals surface area contributed by atoms with E-state index in [0.29, 0.717) is 24.9 Å². The second kappa shape index (κ2) is 6.30. The van der Waals surface area contributed by atoms with Crippen molar-refractivity contribution in [1.82, 2.24) is 4.57 Å². The maximum absolute atomic E-state index is 12.7. The molecule has 0 aromatic carbocycles. The summed E-state index contributed by atoms with van der Waals surface area (Å²) in [6, 6.07) is 0. The Balaban J connectivity index is 2.57. The molecule has 0 saturated carbocycles. The molecule has 0 radical (unpaired) electrons. The summed E-state index contributed by atoms with van der Waals surface area (Å²) in [6.45, 7) is 6.23. The summed E-state index contributed by atoms with van der Waals surface area (Å²) < 4.78 is 0.415. The van der Waals surface area contributed by atoms with E-state index in [9.17, 15) is 9.59 Å². The van der Waals surface area contributed by atoms with Crippen molar-refractivity contribution in [2.75, 3.05) is 0 Å². The van der Waals surface area contributed by atoms with Crippen molar-refractivity contribution in [1.29, 1.82) is 0 Å². The van der Waals surface area contributed by atoms with Crippen LogP contribution < -0.4 is 0 Å². The molecule has 0 amide bonds. The van der Waals surface area contributed by atoms with Crippen molar-refractivity contribution in [2.45, 2.75) is 56.8 Å². The third kappa shape index (κ3) is 4.23. The molecule has 1 aromatic rings. The van der Waals surface area contributed by atoms with Crippen LogP contribution in [0.3, 0.4) is 0 Å². The number of fused-ring (bicyclic) bond motifs is 1. The second-order valence-corrected chi connectivity index (χ2v) is 9.43. The Morgan fingerprint density at radius 3 is 2.43 bits per heavy atom. The number of rotatable bonds is 4. The molecule has 0 atom stereocenters. The summed E-state index contributed by atoms with van der Waals surface area (Å²) in [5, 5.41) is 8.97. The van der Waals surface area contributed by atoms with Crippen molar-refractivity contribution in [3.8, 4) is 0 Å². The van der Waals surface area contributed by atoms with E-state index in [-0.39, 0.29) is 24.0 Å². The van der Waals surface area contributed by atoms with Gasteiger partial charge in [-0.15, -0.1) is 0 Å². The first kappa shape index (κ1) is 18.6. The predicted octanol–water partition coefficient (Wildman–Crippen LogP) is 4.34. The molecule has 0 bridgehead atoms. The maximum atomic E-state index is 12.7. The van der Waals surface area contributed by atoms with Crippen LogP contribution in [-0.2, 0) is 24.2 Å². The highest BCUT2D eigenvalue weighted by Crippen LogP contribution is 2.41. The van der Waals surface area contributed by atoms with Gasteiger partial charge in [0, 0.05) is 36.3 Å². The number of hydrogen-bond donors (Lipinski definition) is 1. The quantitative estimate of drug-likeness (QED) is 0.790. The first-order valence-corrected chi connectivity index (χ1v) is 8.57. The van der Waals surface area contributed by atoms with Gasteiger partial charge in [0.1, 0.15) is 0 Å². The average Bonchev–Trinajstić information content (AvgIpc) is 2.56. The monoisotopic (exact) mass is 379 g/mol. The summed E-state index contributed by atoms with van der Waals surface area (Å²) in [4.78, 5) is 23.6. The zero-order valence-corrected chi connectivity index (χ0v) is 15.6. The number of Topliss-reactive ketones (excluding diaryl/α,β-unsaturated/α-hetero) is 1. The summed E-state index contributed by atoms with van der Waals surface area (Å²) in [5.74, 6) is -0.839. The molecule has 0 saturated heterocycles. The molecule has 0 fully saturated rings. The van der Waals surface area contributed by atoms with Crippen LogP contribution in [0.15, 0.2) is 0 Å². The lowest BCUT2D eigenvalue weighted by Gasteiger charge is -2.30. The molecule has 1 aromatic heterocycles. The third-order valence-electron chi connectivity index (χ3n) is 4.25. The van der Waals surface area contributed by atoms with Gasteiger partial charge in [0.15, 0.2) is 9.58 Å². The van der Waals surface area contributed by atoms with Crippen LogP contribution in [-0.4, -0.2) is 25.2 Å². The standard InChI is InChI=1S/C16H20Cl3NO3/c1-9-10(6-16(17,18)19)14-11(20(9)5-4-13(22)23)7-15(2,3)8-12(14)21/h4-8H2,1-3H3,(H,22,23). The number of carboxylic acids is 1. The fourth-order valence-corrected chi connectivity index (χ4v) is 3.74. The Morgan fingerprint density at radius 2 is 1.91 bits per heavy atom. The molecule has 23 heavy (non-hydrogen) atoms. The van der Waals surface area contributed by atoms with Crippen LogP contribution in [0, 0.1) is 12.3 Å². The summed E-state index contributed by atoms with van der Waals surface area (Å²) in [6.07, 6.45) is 1.27. The SMILES string of the molecule is Cc1c(CC(Cl)(Cl)Cl)c2c(n1CCC(=O)O)CC(C)(C)CC2=O. The van der Waals surface area contributed by atoms with Crippen molar-refractivity contribution >= 4 is 46.6 Å². The van der Waals surface area contributed by atoms with Gasteiger partial charge in [0.2, 0.25) is 0 Å². The van der Waals surface area contributed by atoms with E-state index in [4.69, 9.17) is 39.9 Å². The molecule has 128 valence electrons. The van der Waals surface area contributed by atoms with Gasteiger partial charge >= 0.3 is 5.97 Å². The van der Waals surface area contributed by atoms with Crippen LogP contribution in [0.1, 0.15) is 54.0 Å². The zero-order chi connectivity index (χ0) is 17.6. The Kier molecular flexibility index (Phi) is 5.10. The Labute approximate surface area is 150 Å². The number of halogens is 3. The molecule has 0 aliphatic heterocycles. The largest absolute Gasteiger partial charge is 0.481 e. The number of carbonyl (C=O) groups is 2. The number of hydrogen-bond acceptors (Lipinski definition) is 2. The summed E-state index contributed by atoms with van der Waals surface area (Å²) in [7, 11) is 0. The van der Waals surface area contributed by atoms with Gasteiger partial charge in [-0.1, -0.05) is 48.7 Å². The van der Waals surface area contributed by atoms with E-state index in [1.54, 1.807) is 0 Å². The van der Waals surface area contributed by atoms with E-state index in [2.05, 4.69) is 0 Å². The minimum Gasteiger partial charge on any atom is -0.481 e. The number of carbonyl (C=O) groups excluding carboxylic acids is 1. The Hall–Kier alpha value is -0.710. The van der Waals surface area contributed by atoms with Crippen LogP contribution >= 0.6 is 34.8 Å². The molecule has 0 unspecified atom stereocenters. The van der Waals surface area contributed by atoms with Crippen molar-refractivity contribution in [2.24, 2.45) is 5.41 Å². The van der Waals surface area contributed by atoms with Gasteiger partial charge in [-0.2, -0.15) is 0 Å². The molecule has 4 nitrogen and oxygen atoms in total. The number of aromatic nitrogens is 1. The number of carboxylic acid groups (broad SMARTS) is 1. The summed E-state index contributed by atoms with van der Waals surface area (Å²) >= 11 is 17.8. The zero-order valence-electron chi connectivity index (χ0n) is 13.4. The molecule has 2 rings (SSSR count). The van der Waals surface area contributed by atoms with E-state index in [0.717, 1.165) is 17.0 Å². The number of nitrogens with zero attached hydrogens (tertiary/aromatic N) is 1. The predicted molar refractivity (Wildman–Crippen MR) is 91.8 cm³/mol. The van der Waals surface area contributed by atoms with Crippen LogP contribution in [0.25, 0.3) is 0 Å². The van der Waals surface area contributed by atoms with E-state index in [1.165, 1.54) is 0 Å². The topological polar surface area (TPSA) is 59.3 Å².